The summed E-state index contributed by atoms with van der Waals surface area (Å²) in [7, 11) is -4.27. The summed E-state index contributed by atoms with van der Waals surface area (Å²) < 4.78 is 30.7. The third-order valence-corrected chi connectivity index (χ3v) is 3.37. The molecule has 0 saturated heterocycles. The SMILES string of the molecule is O=S(=O)(O)c1ccc2c(Cl)nnc(Cl)c2c1. The molecule has 0 aliphatic rings. The van der Waals surface area contributed by atoms with E-state index in [1.807, 2.05) is 0 Å². The van der Waals surface area contributed by atoms with E-state index in [0.29, 0.717) is 10.8 Å². The van der Waals surface area contributed by atoms with E-state index >= 15 is 0 Å². The van der Waals surface area contributed by atoms with Gasteiger partial charge in [0.15, 0.2) is 10.3 Å². The van der Waals surface area contributed by atoms with Crippen molar-refractivity contribution in [2.24, 2.45) is 0 Å². The highest BCUT2D eigenvalue weighted by Crippen LogP contribution is 2.27. The molecule has 2 rings (SSSR count). The van der Waals surface area contributed by atoms with Gasteiger partial charge in [0.05, 0.1) is 4.90 Å². The zero-order chi connectivity index (χ0) is 11.9. The number of benzene rings is 1. The van der Waals surface area contributed by atoms with Gasteiger partial charge in [-0.1, -0.05) is 23.2 Å². The van der Waals surface area contributed by atoms with Gasteiger partial charge in [0.1, 0.15) is 0 Å². The molecule has 0 unspecified atom stereocenters. The van der Waals surface area contributed by atoms with Gasteiger partial charge in [0.2, 0.25) is 0 Å². The predicted octanol–water partition coefficient (Wildman–Crippen LogP) is 2.18. The Bertz CT molecular complexity index is 672. The zero-order valence-corrected chi connectivity index (χ0v) is 9.88. The molecule has 5 nitrogen and oxygen atoms in total. The van der Waals surface area contributed by atoms with E-state index in [1.54, 1.807) is 0 Å². The molecular formula is C8H4Cl2N2O3S. The van der Waals surface area contributed by atoms with Crippen LogP contribution in [0.1, 0.15) is 0 Å². The topological polar surface area (TPSA) is 80.2 Å². The normalized spacial score (nSPS) is 11.9. The second-order valence-electron chi connectivity index (χ2n) is 2.96. The lowest BCUT2D eigenvalue weighted by molar-refractivity contribution is 0.483. The summed E-state index contributed by atoms with van der Waals surface area (Å²) in [6.07, 6.45) is 0. The second kappa shape index (κ2) is 3.81. The minimum absolute atomic E-state index is 0.0184. The molecule has 0 bridgehead atoms. The lowest BCUT2D eigenvalue weighted by Gasteiger charge is -2.02. The van der Waals surface area contributed by atoms with Crippen molar-refractivity contribution in [3.05, 3.63) is 28.5 Å². The average Bonchev–Trinajstić information content (AvgIpc) is 2.22. The van der Waals surface area contributed by atoms with Crippen molar-refractivity contribution in [3.8, 4) is 0 Å². The van der Waals surface area contributed by atoms with Crippen LogP contribution < -0.4 is 0 Å². The highest BCUT2D eigenvalue weighted by molar-refractivity contribution is 7.85. The first kappa shape index (κ1) is 11.5. The molecule has 0 radical (unpaired) electrons. The molecule has 0 amide bonds. The van der Waals surface area contributed by atoms with Gasteiger partial charge in [-0.3, -0.25) is 4.55 Å². The fourth-order valence-corrected chi connectivity index (χ4v) is 2.13. The molecular weight excluding hydrogens is 275 g/mol. The Labute approximate surface area is 101 Å². The Balaban J connectivity index is 2.86. The maximum atomic E-state index is 10.9. The van der Waals surface area contributed by atoms with E-state index in [1.165, 1.54) is 18.2 Å². The molecule has 0 fully saturated rings. The van der Waals surface area contributed by atoms with Crippen LogP contribution in [0.15, 0.2) is 23.1 Å². The summed E-state index contributed by atoms with van der Waals surface area (Å²) in [4.78, 5) is -0.272. The monoisotopic (exact) mass is 278 g/mol. The van der Waals surface area contributed by atoms with Gasteiger partial charge in [0.25, 0.3) is 10.1 Å². The molecule has 84 valence electrons. The predicted molar refractivity (Wildman–Crippen MR) is 59.4 cm³/mol. The molecule has 1 aromatic carbocycles. The lowest BCUT2D eigenvalue weighted by atomic mass is 10.2. The van der Waals surface area contributed by atoms with Crippen LogP contribution >= 0.6 is 23.2 Å². The van der Waals surface area contributed by atoms with Gasteiger partial charge in [-0.2, -0.15) is 8.42 Å². The standard InChI is InChI=1S/C8H4Cl2N2O3S/c9-7-5-2-1-4(16(13,14)15)3-6(5)8(10)12-11-7/h1-3H,(H,13,14,15). The number of nitrogens with zero attached hydrogens (tertiary/aromatic N) is 2. The third-order valence-electron chi connectivity index (χ3n) is 1.96. The van der Waals surface area contributed by atoms with Crippen LogP contribution in [0.4, 0.5) is 0 Å². The van der Waals surface area contributed by atoms with Crippen LogP contribution in [0.5, 0.6) is 0 Å². The van der Waals surface area contributed by atoms with Crippen molar-refractivity contribution in [2.75, 3.05) is 0 Å². The van der Waals surface area contributed by atoms with Gasteiger partial charge in [-0.15, -0.1) is 10.2 Å². The maximum absolute atomic E-state index is 10.9. The Kier molecular flexibility index (Phi) is 2.75. The smallest absolute Gasteiger partial charge is 0.282 e. The fourth-order valence-electron chi connectivity index (χ4n) is 1.23. The first-order valence-corrected chi connectivity index (χ1v) is 6.18. The van der Waals surface area contributed by atoms with Gasteiger partial charge in [-0.25, -0.2) is 0 Å². The van der Waals surface area contributed by atoms with Crippen LogP contribution in [0.25, 0.3) is 10.8 Å². The van der Waals surface area contributed by atoms with E-state index in [0.717, 1.165) is 0 Å². The van der Waals surface area contributed by atoms with Crippen LogP contribution in [0.2, 0.25) is 10.3 Å². The van der Waals surface area contributed by atoms with E-state index in [4.69, 9.17) is 27.8 Å². The van der Waals surface area contributed by atoms with Crippen molar-refractivity contribution in [3.63, 3.8) is 0 Å². The number of rotatable bonds is 1. The highest BCUT2D eigenvalue weighted by atomic mass is 35.5. The summed E-state index contributed by atoms with van der Waals surface area (Å²) >= 11 is 11.5. The van der Waals surface area contributed by atoms with Crippen LogP contribution in [0, 0.1) is 0 Å². The summed E-state index contributed by atoms with van der Waals surface area (Å²) in [5.41, 5.74) is 0. The largest absolute Gasteiger partial charge is 0.294 e. The first-order valence-electron chi connectivity index (χ1n) is 3.98. The quantitative estimate of drug-likeness (QED) is 0.809. The van der Waals surface area contributed by atoms with E-state index in [2.05, 4.69) is 10.2 Å². The Morgan fingerprint density at radius 3 is 2.19 bits per heavy atom. The lowest BCUT2D eigenvalue weighted by Crippen LogP contribution is -1.98. The molecule has 8 heteroatoms. The summed E-state index contributed by atoms with van der Waals surface area (Å²) in [5.74, 6) is 0. The Morgan fingerprint density at radius 1 is 1.06 bits per heavy atom. The second-order valence-corrected chi connectivity index (χ2v) is 5.10. The van der Waals surface area contributed by atoms with Gasteiger partial charge < -0.3 is 0 Å². The molecule has 0 aliphatic carbocycles. The molecule has 0 spiro atoms. The fraction of sp³-hybridized carbons (Fsp3) is 0. The molecule has 16 heavy (non-hydrogen) atoms. The molecule has 0 saturated carbocycles. The minimum Gasteiger partial charge on any atom is -0.282 e. The zero-order valence-electron chi connectivity index (χ0n) is 7.55. The summed E-state index contributed by atoms with van der Waals surface area (Å²) in [6.45, 7) is 0. The van der Waals surface area contributed by atoms with Gasteiger partial charge in [-0.05, 0) is 18.2 Å². The molecule has 2 aromatic rings. The molecule has 0 aliphatic heterocycles. The first-order chi connectivity index (χ1) is 7.39. The van der Waals surface area contributed by atoms with Crippen LogP contribution in [-0.2, 0) is 10.1 Å². The summed E-state index contributed by atoms with van der Waals surface area (Å²) in [6, 6.07) is 3.80. The van der Waals surface area contributed by atoms with E-state index < -0.39 is 10.1 Å². The van der Waals surface area contributed by atoms with Crippen molar-refractivity contribution in [1.82, 2.24) is 10.2 Å². The average molecular weight is 279 g/mol. The van der Waals surface area contributed by atoms with E-state index in [-0.39, 0.29) is 15.2 Å². The number of aromatic nitrogens is 2. The van der Waals surface area contributed by atoms with E-state index in [9.17, 15) is 8.42 Å². The van der Waals surface area contributed by atoms with Crippen molar-refractivity contribution < 1.29 is 13.0 Å². The minimum atomic E-state index is -4.27. The summed E-state index contributed by atoms with van der Waals surface area (Å²) in [5, 5.41) is 8.02. The number of fused-ring (bicyclic) bond motifs is 1. The molecule has 1 heterocycles. The third kappa shape index (κ3) is 1.97. The van der Waals surface area contributed by atoms with Crippen molar-refractivity contribution in [1.29, 1.82) is 0 Å². The Morgan fingerprint density at radius 2 is 1.62 bits per heavy atom. The van der Waals surface area contributed by atoms with Crippen LogP contribution in [-0.4, -0.2) is 23.2 Å². The molecule has 1 N–H and O–H groups in total. The number of hydrogen-bond acceptors (Lipinski definition) is 4. The van der Waals surface area contributed by atoms with Gasteiger partial charge >= 0.3 is 0 Å². The van der Waals surface area contributed by atoms with Crippen LogP contribution in [0.3, 0.4) is 0 Å². The Hall–Kier alpha value is -0.950. The van der Waals surface area contributed by atoms with Crippen molar-refractivity contribution in [2.45, 2.75) is 4.90 Å². The molecule has 0 atom stereocenters. The maximum Gasteiger partial charge on any atom is 0.294 e. The van der Waals surface area contributed by atoms with Crippen molar-refractivity contribution >= 4 is 44.1 Å². The highest BCUT2D eigenvalue weighted by Gasteiger charge is 2.13. The van der Waals surface area contributed by atoms with Gasteiger partial charge in [0, 0.05) is 10.8 Å². The molecule has 1 aromatic heterocycles. The number of halogens is 2. The number of hydrogen-bond donors (Lipinski definition) is 1.